The van der Waals surface area contributed by atoms with Crippen molar-refractivity contribution in [3.05, 3.63) is 59.8 Å². The number of hydrogen-bond donors (Lipinski definition) is 1. The lowest BCUT2D eigenvalue weighted by atomic mass is 10.0. The van der Waals surface area contributed by atoms with Gasteiger partial charge in [-0.3, -0.25) is 0 Å². The van der Waals surface area contributed by atoms with Crippen molar-refractivity contribution in [1.29, 1.82) is 5.26 Å². The Morgan fingerprint density at radius 3 is 2.48 bits per heavy atom. The summed E-state index contributed by atoms with van der Waals surface area (Å²) in [6, 6.07) is 12.7. The summed E-state index contributed by atoms with van der Waals surface area (Å²) in [5.41, 5.74) is 2.57. The summed E-state index contributed by atoms with van der Waals surface area (Å²) in [4.78, 5) is 0. The predicted molar refractivity (Wildman–Crippen MR) is 71.9 cm³/mol. The molecular weight excluding hydrogens is 274 g/mol. The van der Waals surface area contributed by atoms with E-state index in [-0.39, 0.29) is 5.69 Å². The zero-order valence-corrected chi connectivity index (χ0v) is 10.6. The number of nitriles is 1. The molecule has 0 bridgehead atoms. The second-order valence-corrected chi connectivity index (χ2v) is 4.36. The minimum Gasteiger partial charge on any atom is -0.247 e. The Balaban J connectivity index is 2.08. The van der Waals surface area contributed by atoms with Crippen LogP contribution in [0, 0.1) is 23.0 Å². The van der Waals surface area contributed by atoms with Crippen molar-refractivity contribution < 1.29 is 8.78 Å². The number of benzene rings is 2. The lowest BCUT2D eigenvalue weighted by molar-refractivity contribution is 0.509. The highest BCUT2D eigenvalue weighted by Gasteiger charge is 2.11. The number of nitrogens with one attached hydrogen (secondary N) is 1. The first-order valence-electron chi connectivity index (χ1n) is 6.06. The van der Waals surface area contributed by atoms with Gasteiger partial charge in [-0.2, -0.15) is 5.26 Å². The Morgan fingerprint density at radius 2 is 1.71 bits per heavy atom. The maximum Gasteiger partial charge on any atom is 0.163 e. The number of rotatable bonds is 2. The van der Waals surface area contributed by atoms with Crippen LogP contribution in [0.2, 0.25) is 0 Å². The van der Waals surface area contributed by atoms with E-state index in [1.807, 2.05) is 6.07 Å². The summed E-state index contributed by atoms with van der Waals surface area (Å²) in [6.07, 6.45) is 0. The Labute approximate surface area is 118 Å². The van der Waals surface area contributed by atoms with Gasteiger partial charge in [-0.15, -0.1) is 5.10 Å². The molecule has 0 aliphatic rings. The van der Waals surface area contributed by atoms with Crippen molar-refractivity contribution in [2.24, 2.45) is 0 Å². The molecule has 1 N–H and O–H groups in total. The minimum atomic E-state index is -0.906. The molecule has 102 valence electrons. The van der Waals surface area contributed by atoms with Crippen molar-refractivity contribution in [3.63, 3.8) is 0 Å². The molecule has 0 atom stereocenters. The first-order valence-corrected chi connectivity index (χ1v) is 6.06. The molecule has 2 aromatic carbocycles. The van der Waals surface area contributed by atoms with Crippen molar-refractivity contribution in [2.45, 2.75) is 0 Å². The van der Waals surface area contributed by atoms with Gasteiger partial charge < -0.3 is 0 Å². The number of H-pyrrole nitrogens is 1. The highest BCUT2D eigenvalue weighted by molar-refractivity contribution is 5.73. The van der Waals surface area contributed by atoms with Crippen LogP contribution >= 0.6 is 0 Å². The van der Waals surface area contributed by atoms with Crippen LogP contribution in [-0.2, 0) is 0 Å². The summed E-state index contributed by atoms with van der Waals surface area (Å²) in [7, 11) is 0. The maximum atomic E-state index is 13.3. The van der Waals surface area contributed by atoms with Crippen LogP contribution in [0.1, 0.15) is 5.69 Å². The van der Waals surface area contributed by atoms with E-state index in [1.54, 1.807) is 24.3 Å². The van der Waals surface area contributed by atoms with Crippen molar-refractivity contribution in [3.8, 4) is 28.5 Å². The van der Waals surface area contributed by atoms with E-state index < -0.39 is 11.6 Å². The molecule has 0 saturated carbocycles. The second kappa shape index (κ2) is 5.13. The van der Waals surface area contributed by atoms with Gasteiger partial charge in [-0.1, -0.05) is 29.5 Å². The van der Waals surface area contributed by atoms with Crippen LogP contribution in [0.5, 0.6) is 0 Å². The smallest absolute Gasteiger partial charge is 0.163 e. The second-order valence-electron chi connectivity index (χ2n) is 4.36. The van der Waals surface area contributed by atoms with Crippen LogP contribution in [0.15, 0.2) is 42.5 Å². The fourth-order valence-electron chi connectivity index (χ4n) is 2.03. The van der Waals surface area contributed by atoms with Crippen LogP contribution in [-0.4, -0.2) is 15.4 Å². The molecule has 0 radical (unpaired) electrons. The van der Waals surface area contributed by atoms with Crippen molar-refractivity contribution >= 4 is 0 Å². The van der Waals surface area contributed by atoms with E-state index in [0.717, 1.165) is 12.1 Å². The third kappa shape index (κ3) is 2.37. The summed E-state index contributed by atoms with van der Waals surface area (Å²) in [5.74, 6) is -1.80. The Hall–Kier alpha value is -3.07. The molecule has 0 spiro atoms. The third-order valence-electron chi connectivity index (χ3n) is 3.05. The van der Waals surface area contributed by atoms with Gasteiger partial charge in [0.05, 0.1) is 0 Å². The van der Waals surface area contributed by atoms with Gasteiger partial charge in [-0.05, 0) is 29.3 Å². The normalized spacial score (nSPS) is 10.3. The van der Waals surface area contributed by atoms with Gasteiger partial charge in [0.1, 0.15) is 11.8 Å². The molecule has 6 heteroatoms. The number of aromatic amines is 1. The maximum absolute atomic E-state index is 13.3. The molecule has 0 fully saturated rings. The van der Waals surface area contributed by atoms with E-state index in [1.165, 1.54) is 6.07 Å². The van der Waals surface area contributed by atoms with E-state index in [0.29, 0.717) is 22.4 Å². The molecule has 3 aromatic rings. The number of aromatic nitrogens is 3. The minimum absolute atomic E-state index is 0.248. The molecule has 3 rings (SSSR count). The van der Waals surface area contributed by atoms with Gasteiger partial charge in [0.25, 0.3) is 0 Å². The Bertz CT molecular complexity index is 849. The molecule has 4 nitrogen and oxygen atoms in total. The number of nitrogens with zero attached hydrogens (tertiary/aromatic N) is 3. The number of hydrogen-bond acceptors (Lipinski definition) is 3. The summed E-state index contributed by atoms with van der Waals surface area (Å²) in [6.45, 7) is 0. The molecule has 0 aliphatic heterocycles. The highest BCUT2D eigenvalue weighted by Crippen LogP contribution is 2.27. The fourth-order valence-corrected chi connectivity index (χ4v) is 2.03. The summed E-state index contributed by atoms with van der Waals surface area (Å²) >= 11 is 0. The molecule has 0 saturated heterocycles. The standard InChI is InChI=1S/C15H8F2N4/c16-12-5-4-10(7-13(12)17)9-2-1-3-11(6-9)15-14(8-18)19-21-20-15/h1-7H,(H,19,20,21). The zero-order chi connectivity index (χ0) is 14.8. The van der Waals surface area contributed by atoms with E-state index in [9.17, 15) is 8.78 Å². The molecule has 0 amide bonds. The van der Waals surface area contributed by atoms with E-state index in [4.69, 9.17) is 5.26 Å². The Morgan fingerprint density at radius 1 is 0.952 bits per heavy atom. The van der Waals surface area contributed by atoms with Crippen LogP contribution in [0.25, 0.3) is 22.4 Å². The van der Waals surface area contributed by atoms with Crippen molar-refractivity contribution in [1.82, 2.24) is 15.4 Å². The molecule has 1 aromatic heterocycles. The SMILES string of the molecule is N#Cc1[nH]nnc1-c1cccc(-c2ccc(F)c(F)c2)c1. The van der Waals surface area contributed by atoms with Gasteiger partial charge in [-0.25, -0.2) is 13.9 Å². The zero-order valence-electron chi connectivity index (χ0n) is 10.6. The van der Waals surface area contributed by atoms with Gasteiger partial charge in [0, 0.05) is 5.56 Å². The molecule has 21 heavy (non-hydrogen) atoms. The lowest BCUT2D eigenvalue weighted by Crippen LogP contribution is -1.87. The lowest BCUT2D eigenvalue weighted by Gasteiger charge is -2.04. The fraction of sp³-hybridized carbons (Fsp3) is 0. The third-order valence-corrected chi connectivity index (χ3v) is 3.05. The molecule has 1 heterocycles. The average Bonchev–Trinajstić information content (AvgIpc) is 2.99. The first kappa shape index (κ1) is 12.9. The summed E-state index contributed by atoms with van der Waals surface area (Å²) in [5, 5.41) is 18.9. The van der Waals surface area contributed by atoms with Crippen LogP contribution < -0.4 is 0 Å². The van der Waals surface area contributed by atoms with Gasteiger partial charge >= 0.3 is 0 Å². The van der Waals surface area contributed by atoms with Crippen LogP contribution in [0.3, 0.4) is 0 Å². The van der Waals surface area contributed by atoms with Gasteiger partial charge in [0.2, 0.25) is 0 Å². The predicted octanol–water partition coefficient (Wildman–Crippen LogP) is 3.29. The van der Waals surface area contributed by atoms with E-state index in [2.05, 4.69) is 15.4 Å². The largest absolute Gasteiger partial charge is 0.247 e. The van der Waals surface area contributed by atoms with E-state index >= 15 is 0 Å². The average molecular weight is 282 g/mol. The highest BCUT2D eigenvalue weighted by atomic mass is 19.2. The molecule has 0 aliphatic carbocycles. The molecular formula is C15H8F2N4. The van der Waals surface area contributed by atoms with Crippen LogP contribution in [0.4, 0.5) is 8.78 Å². The van der Waals surface area contributed by atoms with Crippen molar-refractivity contribution in [2.75, 3.05) is 0 Å². The topological polar surface area (TPSA) is 65.4 Å². The Kier molecular flexibility index (Phi) is 3.16. The van der Waals surface area contributed by atoms with Gasteiger partial charge in [0.15, 0.2) is 17.3 Å². The monoisotopic (exact) mass is 282 g/mol. The number of halogens is 2. The quantitative estimate of drug-likeness (QED) is 0.784. The molecule has 0 unspecified atom stereocenters. The summed E-state index contributed by atoms with van der Waals surface area (Å²) < 4.78 is 26.3. The first-order chi connectivity index (χ1) is 10.2.